The van der Waals surface area contributed by atoms with E-state index in [-0.39, 0.29) is 0 Å². The summed E-state index contributed by atoms with van der Waals surface area (Å²) in [5.41, 5.74) is 1.54. The Morgan fingerprint density at radius 2 is 2.07 bits per heavy atom. The summed E-state index contributed by atoms with van der Waals surface area (Å²) in [6.45, 7) is 0. The van der Waals surface area contributed by atoms with Crippen molar-refractivity contribution in [1.29, 1.82) is 10.5 Å². The van der Waals surface area contributed by atoms with Crippen LogP contribution in [-0.4, -0.2) is 4.98 Å². The molecule has 0 aliphatic carbocycles. The minimum absolute atomic E-state index is 0.464. The van der Waals surface area contributed by atoms with Gasteiger partial charge in [-0.1, -0.05) is 0 Å². The van der Waals surface area contributed by atoms with Crippen molar-refractivity contribution in [3.8, 4) is 23.5 Å². The number of hydrogen-bond donors (Lipinski definition) is 0. The molecule has 70 valence electrons. The Labute approximate surface area is 86.0 Å². The number of oxazole rings is 1. The topological polar surface area (TPSA) is 73.6 Å². The number of benzene rings is 1. The monoisotopic (exact) mass is 195 g/mol. The summed E-state index contributed by atoms with van der Waals surface area (Å²) in [5, 5.41) is 17.6. The van der Waals surface area contributed by atoms with Crippen molar-refractivity contribution in [3.05, 3.63) is 41.9 Å². The average molecular weight is 195 g/mol. The molecule has 0 aliphatic rings. The second kappa shape index (κ2) is 3.65. The van der Waals surface area contributed by atoms with E-state index in [0.29, 0.717) is 22.5 Å². The highest BCUT2D eigenvalue weighted by molar-refractivity contribution is 5.67. The molecule has 1 aromatic heterocycles. The van der Waals surface area contributed by atoms with Gasteiger partial charge in [0.05, 0.1) is 29.5 Å². The largest absolute Gasteiger partial charge is 0.443 e. The van der Waals surface area contributed by atoms with Gasteiger partial charge in [0.1, 0.15) is 0 Å². The van der Waals surface area contributed by atoms with Crippen LogP contribution in [0.5, 0.6) is 0 Å². The van der Waals surface area contributed by atoms with Crippen molar-refractivity contribution in [2.45, 2.75) is 0 Å². The van der Waals surface area contributed by atoms with E-state index in [1.165, 1.54) is 12.6 Å². The molecule has 0 atom stereocenters. The van der Waals surface area contributed by atoms with E-state index in [2.05, 4.69) is 4.98 Å². The van der Waals surface area contributed by atoms with Gasteiger partial charge < -0.3 is 4.42 Å². The molecule has 2 rings (SSSR count). The molecular formula is C11H5N3O. The van der Waals surface area contributed by atoms with Gasteiger partial charge in [-0.15, -0.1) is 0 Å². The molecule has 2 aromatic rings. The third kappa shape index (κ3) is 1.56. The van der Waals surface area contributed by atoms with Crippen molar-refractivity contribution >= 4 is 0 Å². The van der Waals surface area contributed by atoms with Gasteiger partial charge in [0.2, 0.25) is 0 Å². The van der Waals surface area contributed by atoms with E-state index < -0.39 is 0 Å². The van der Waals surface area contributed by atoms with Gasteiger partial charge in [0, 0.05) is 5.56 Å². The van der Waals surface area contributed by atoms with Crippen LogP contribution in [0.3, 0.4) is 0 Å². The van der Waals surface area contributed by atoms with E-state index in [4.69, 9.17) is 14.9 Å². The number of nitriles is 2. The zero-order valence-corrected chi connectivity index (χ0v) is 7.64. The third-order valence-electron chi connectivity index (χ3n) is 1.97. The minimum atomic E-state index is 0.464. The highest BCUT2D eigenvalue weighted by atomic mass is 16.3. The normalized spacial score (nSPS) is 9.20. The van der Waals surface area contributed by atoms with Crippen LogP contribution in [0.15, 0.2) is 35.2 Å². The maximum absolute atomic E-state index is 8.89. The molecule has 4 heteroatoms. The summed E-state index contributed by atoms with van der Waals surface area (Å²) in [4.78, 5) is 3.77. The van der Waals surface area contributed by atoms with Gasteiger partial charge in [-0.3, -0.25) is 0 Å². The van der Waals surface area contributed by atoms with E-state index in [1.54, 1.807) is 18.2 Å². The quantitative estimate of drug-likeness (QED) is 0.698. The molecule has 0 saturated heterocycles. The van der Waals surface area contributed by atoms with Gasteiger partial charge in [-0.2, -0.15) is 10.5 Å². The molecule has 0 unspecified atom stereocenters. The zero-order valence-electron chi connectivity index (χ0n) is 7.64. The Bertz CT molecular complexity index is 559. The van der Waals surface area contributed by atoms with Crippen LogP contribution in [0.2, 0.25) is 0 Å². The van der Waals surface area contributed by atoms with E-state index >= 15 is 0 Å². The van der Waals surface area contributed by atoms with Crippen LogP contribution in [-0.2, 0) is 0 Å². The third-order valence-corrected chi connectivity index (χ3v) is 1.97. The molecule has 0 spiro atoms. The summed E-state index contributed by atoms with van der Waals surface area (Å²) in [6.07, 6.45) is 2.80. The fourth-order valence-electron chi connectivity index (χ4n) is 1.26. The van der Waals surface area contributed by atoms with Crippen LogP contribution in [0.1, 0.15) is 11.1 Å². The maximum atomic E-state index is 8.89. The molecule has 1 heterocycles. The van der Waals surface area contributed by atoms with Crippen molar-refractivity contribution in [3.63, 3.8) is 0 Å². The summed E-state index contributed by atoms with van der Waals surface area (Å²) < 4.78 is 5.09. The van der Waals surface area contributed by atoms with E-state index in [0.717, 1.165) is 0 Å². The van der Waals surface area contributed by atoms with Crippen molar-refractivity contribution in [2.24, 2.45) is 0 Å². The molecule has 0 bridgehead atoms. The lowest BCUT2D eigenvalue weighted by atomic mass is 10.0. The molecule has 15 heavy (non-hydrogen) atoms. The van der Waals surface area contributed by atoms with Crippen molar-refractivity contribution in [2.75, 3.05) is 0 Å². The van der Waals surface area contributed by atoms with Crippen molar-refractivity contribution in [1.82, 2.24) is 4.98 Å². The van der Waals surface area contributed by atoms with Crippen LogP contribution in [0.25, 0.3) is 11.3 Å². The fraction of sp³-hybridized carbons (Fsp3) is 0. The zero-order chi connectivity index (χ0) is 10.7. The van der Waals surface area contributed by atoms with Crippen LogP contribution >= 0.6 is 0 Å². The summed E-state index contributed by atoms with van der Waals surface area (Å²) in [6, 6.07) is 8.85. The van der Waals surface area contributed by atoms with Crippen LogP contribution in [0, 0.1) is 22.7 Å². The molecule has 0 N–H and O–H groups in total. The molecule has 0 amide bonds. The Balaban J connectivity index is 2.65. The molecule has 0 aliphatic heterocycles. The first-order valence-corrected chi connectivity index (χ1v) is 4.18. The lowest BCUT2D eigenvalue weighted by Crippen LogP contribution is -1.84. The Hall–Kier alpha value is -2.59. The first-order valence-electron chi connectivity index (χ1n) is 4.18. The number of aromatic nitrogens is 1. The highest BCUT2D eigenvalue weighted by Gasteiger charge is 2.08. The first-order chi connectivity index (χ1) is 7.35. The lowest BCUT2D eigenvalue weighted by Gasteiger charge is -1.99. The SMILES string of the molecule is N#Cc1ccc(C#N)c(-c2cnco2)c1. The Morgan fingerprint density at radius 1 is 1.20 bits per heavy atom. The van der Waals surface area contributed by atoms with Gasteiger partial charge in [-0.25, -0.2) is 4.98 Å². The molecule has 0 fully saturated rings. The van der Waals surface area contributed by atoms with Gasteiger partial charge >= 0.3 is 0 Å². The van der Waals surface area contributed by atoms with E-state index in [1.807, 2.05) is 12.1 Å². The molecule has 1 aromatic carbocycles. The fourth-order valence-corrected chi connectivity index (χ4v) is 1.26. The van der Waals surface area contributed by atoms with Gasteiger partial charge in [0.25, 0.3) is 0 Å². The number of nitrogens with zero attached hydrogens (tertiary/aromatic N) is 3. The smallest absolute Gasteiger partial charge is 0.181 e. The maximum Gasteiger partial charge on any atom is 0.181 e. The number of hydrogen-bond acceptors (Lipinski definition) is 4. The number of rotatable bonds is 1. The van der Waals surface area contributed by atoms with Crippen LogP contribution in [0.4, 0.5) is 0 Å². The average Bonchev–Trinajstić information content (AvgIpc) is 2.81. The van der Waals surface area contributed by atoms with Gasteiger partial charge in [-0.05, 0) is 18.2 Å². The Morgan fingerprint density at radius 3 is 2.67 bits per heavy atom. The first kappa shape index (κ1) is 8.98. The van der Waals surface area contributed by atoms with Crippen LogP contribution < -0.4 is 0 Å². The molecular weight excluding hydrogens is 190 g/mol. The van der Waals surface area contributed by atoms with Crippen molar-refractivity contribution < 1.29 is 4.42 Å². The second-order valence-corrected chi connectivity index (χ2v) is 2.85. The summed E-state index contributed by atoms with van der Waals surface area (Å²) in [5.74, 6) is 0.489. The predicted octanol–water partition coefficient (Wildman–Crippen LogP) is 2.08. The highest BCUT2D eigenvalue weighted by Crippen LogP contribution is 2.23. The van der Waals surface area contributed by atoms with Gasteiger partial charge in [0.15, 0.2) is 12.2 Å². The molecule has 0 saturated carbocycles. The molecule has 0 radical (unpaired) electrons. The summed E-state index contributed by atoms with van der Waals surface area (Å²) in [7, 11) is 0. The summed E-state index contributed by atoms with van der Waals surface area (Å²) >= 11 is 0. The minimum Gasteiger partial charge on any atom is -0.443 e. The second-order valence-electron chi connectivity index (χ2n) is 2.85. The lowest BCUT2D eigenvalue weighted by molar-refractivity contribution is 0.572. The Kier molecular flexibility index (Phi) is 2.19. The molecule has 4 nitrogen and oxygen atoms in total. The van der Waals surface area contributed by atoms with E-state index in [9.17, 15) is 0 Å². The predicted molar refractivity (Wildman–Crippen MR) is 51.4 cm³/mol. The standard InChI is InChI=1S/C11H5N3O/c12-4-8-1-2-9(5-13)10(3-8)11-6-14-7-15-11/h1-3,6-7H.